The number of carbonyl (C=O) groups excluding carboxylic acids is 1. The monoisotopic (exact) mass is 271 g/mol. The lowest BCUT2D eigenvalue weighted by atomic mass is 10.0. The van der Waals surface area contributed by atoms with E-state index in [1.54, 1.807) is 11.3 Å². The molecule has 1 aromatic heterocycles. The smallest absolute Gasteiger partial charge is 0.228 e. The van der Waals surface area contributed by atoms with Crippen molar-refractivity contribution in [3.63, 3.8) is 0 Å². The van der Waals surface area contributed by atoms with Crippen LogP contribution in [0.1, 0.15) is 16.9 Å². The Balaban J connectivity index is 1.72. The second kappa shape index (κ2) is 4.59. The van der Waals surface area contributed by atoms with Gasteiger partial charge in [-0.2, -0.15) is 0 Å². The molecule has 0 N–H and O–H groups in total. The van der Waals surface area contributed by atoms with E-state index in [1.807, 2.05) is 11.0 Å². The number of amides is 1. The van der Waals surface area contributed by atoms with E-state index in [2.05, 4.69) is 0 Å². The average molecular weight is 272 g/mol. The first-order valence-corrected chi connectivity index (χ1v) is 7.07. The van der Waals surface area contributed by atoms with E-state index in [4.69, 9.17) is 16.3 Å². The summed E-state index contributed by atoms with van der Waals surface area (Å²) in [6.45, 7) is 2.85. The number of halogens is 1. The molecule has 3 nitrogen and oxygen atoms in total. The van der Waals surface area contributed by atoms with E-state index in [9.17, 15) is 4.79 Å². The van der Waals surface area contributed by atoms with Gasteiger partial charge in [0.25, 0.3) is 0 Å². The molecule has 92 valence electrons. The minimum absolute atomic E-state index is 0.0747. The molecule has 2 aliphatic heterocycles. The molecule has 0 aromatic carbocycles. The molecule has 3 rings (SSSR count). The van der Waals surface area contributed by atoms with Crippen LogP contribution in [-0.2, 0) is 22.5 Å². The highest BCUT2D eigenvalue weighted by Gasteiger charge is 2.30. The van der Waals surface area contributed by atoms with Crippen molar-refractivity contribution >= 4 is 28.8 Å². The van der Waals surface area contributed by atoms with Crippen LogP contribution in [0.3, 0.4) is 0 Å². The molecule has 1 aromatic rings. The largest absolute Gasteiger partial charge is 0.381 e. The van der Waals surface area contributed by atoms with Gasteiger partial charge in [0.2, 0.25) is 5.91 Å². The summed E-state index contributed by atoms with van der Waals surface area (Å²) in [5, 5.41) is 0. The van der Waals surface area contributed by atoms with Gasteiger partial charge >= 0.3 is 0 Å². The maximum Gasteiger partial charge on any atom is 0.228 e. The Labute approximate surface area is 109 Å². The lowest BCUT2D eigenvalue weighted by Gasteiger charge is -2.28. The maximum atomic E-state index is 12.2. The fourth-order valence-electron chi connectivity index (χ4n) is 2.47. The lowest BCUT2D eigenvalue weighted by molar-refractivity contribution is -0.136. The minimum atomic E-state index is 0.0747. The zero-order chi connectivity index (χ0) is 11.8. The summed E-state index contributed by atoms with van der Waals surface area (Å²) < 4.78 is 6.10. The van der Waals surface area contributed by atoms with Gasteiger partial charge in [0.1, 0.15) is 0 Å². The summed E-state index contributed by atoms with van der Waals surface area (Å²) >= 11 is 7.64. The number of fused-ring (bicyclic) bond motifs is 1. The second-order valence-corrected chi connectivity index (χ2v) is 6.34. The van der Waals surface area contributed by atoms with Crippen molar-refractivity contribution in [2.75, 3.05) is 19.8 Å². The molecule has 0 aliphatic carbocycles. The van der Waals surface area contributed by atoms with Crippen LogP contribution < -0.4 is 0 Å². The van der Waals surface area contributed by atoms with Gasteiger partial charge < -0.3 is 9.64 Å². The first-order chi connectivity index (χ1) is 8.24. The molecule has 1 fully saturated rings. The maximum absolute atomic E-state index is 12.2. The number of hydrogen-bond acceptors (Lipinski definition) is 3. The molecule has 3 heterocycles. The molecule has 2 aliphatic rings. The molecule has 0 saturated carbocycles. The standard InChI is InChI=1S/C12H14ClNO2S/c13-11-5-9-6-14(3-1-10(9)17-11)12(15)8-2-4-16-7-8/h5,8H,1-4,6-7H2/t8-/m0/s1. The summed E-state index contributed by atoms with van der Waals surface area (Å²) in [7, 11) is 0. The Morgan fingerprint density at radius 3 is 3.24 bits per heavy atom. The SMILES string of the molecule is O=C([C@H]1CCOC1)N1CCc2sc(Cl)cc2C1. The van der Waals surface area contributed by atoms with Crippen LogP contribution >= 0.6 is 22.9 Å². The molecule has 0 radical (unpaired) electrons. The Morgan fingerprint density at radius 2 is 2.47 bits per heavy atom. The molecule has 1 amide bonds. The van der Waals surface area contributed by atoms with Crippen LogP contribution in [0.5, 0.6) is 0 Å². The third kappa shape index (κ3) is 2.21. The van der Waals surface area contributed by atoms with Gasteiger partial charge in [-0.15, -0.1) is 11.3 Å². The zero-order valence-corrected chi connectivity index (χ0v) is 11.0. The highest BCUT2D eigenvalue weighted by Crippen LogP contribution is 2.32. The fourth-order valence-corrected chi connectivity index (χ4v) is 3.77. The molecular formula is C12H14ClNO2S. The number of hydrogen-bond donors (Lipinski definition) is 0. The van der Waals surface area contributed by atoms with E-state index in [0.717, 1.165) is 30.3 Å². The van der Waals surface area contributed by atoms with Crippen molar-refractivity contribution in [3.8, 4) is 0 Å². The van der Waals surface area contributed by atoms with E-state index in [0.29, 0.717) is 13.2 Å². The van der Waals surface area contributed by atoms with Crippen LogP contribution in [0.4, 0.5) is 0 Å². The van der Waals surface area contributed by atoms with E-state index >= 15 is 0 Å². The van der Waals surface area contributed by atoms with Gasteiger partial charge in [-0.1, -0.05) is 11.6 Å². The zero-order valence-electron chi connectivity index (χ0n) is 9.45. The van der Waals surface area contributed by atoms with Crippen molar-refractivity contribution in [3.05, 3.63) is 20.8 Å². The summed E-state index contributed by atoms with van der Waals surface area (Å²) in [6, 6.07) is 1.99. The van der Waals surface area contributed by atoms with Gasteiger partial charge in [0.15, 0.2) is 0 Å². The number of rotatable bonds is 1. The normalized spacial score (nSPS) is 23.8. The van der Waals surface area contributed by atoms with E-state index < -0.39 is 0 Å². The van der Waals surface area contributed by atoms with Gasteiger partial charge in [-0.05, 0) is 24.5 Å². The van der Waals surface area contributed by atoms with E-state index in [1.165, 1.54) is 10.4 Å². The number of nitrogens with zero attached hydrogens (tertiary/aromatic N) is 1. The highest BCUT2D eigenvalue weighted by atomic mass is 35.5. The average Bonchev–Trinajstić information content (AvgIpc) is 2.94. The first kappa shape index (κ1) is 11.5. The molecule has 0 bridgehead atoms. The predicted molar refractivity (Wildman–Crippen MR) is 67.4 cm³/mol. The molecule has 0 spiro atoms. The molecule has 0 unspecified atom stereocenters. The van der Waals surface area contributed by atoms with Crippen LogP contribution in [0, 0.1) is 5.92 Å². The quantitative estimate of drug-likeness (QED) is 0.785. The van der Waals surface area contributed by atoms with Crippen molar-refractivity contribution in [1.82, 2.24) is 4.90 Å². The van der Waals surface area contributed by atoms with Gasteiger partial charge in [-0.3, -0.25) is 4.79 Å². The van der Waals surface area contributed by atoms with Gasteiger partial charge in [-0.25, -0.2) is 0 Å². The number of thiophene rings is 1. The summed E-state index contributed by atoms with van der Waals surface area (Å²) in [5.41, 5.74) is 1.22. The summed E-state index contributed by atoms with van der Waals surface area (Å²) in [4.78, 5) is 15.5. The first-order valence-electron chi connectivity index (χ1n) is 5.87. The minimum Gasteiger partial charge on any atom is -0.381 e. The van der Waals surface area contributed by atoms with Crippen LogP contribution in [0.2, 0.25) is 4.34 Å². The third-order valence-corrected chi connectivity index (χ3v) is 4.79. The van der Waals surface area contributed by atoms with Crippen LogP contribution in [0.25, 0.3) is 0 Å². The molecule has 5 heteroatoms. The Bertz CT molecular complexity index is 440. The summed E-state index contributed by atoms with van der Waals surface area (Å²) in [5.74, 6) is 0.320. The van der Waals surface area contributed by atoms with Crippen molar-refractivity contribution in [2.24, 2.45) is 5.92 Å². The van der Waals surface area contributed by atoms with Gasteiger partial charge in [0.05, 0.1) is 16.9 Å². The van der Waals surface area contributed by atoms with Crippen molar-refractivity contribution in [2.45, 2.75) is 19.4 Å². The number of ether oxygens (including phenoxy) is 1. The van der Waals surface area contributed by atoms with Crippen LogP contribution in [0.15, 0.2) is 6.07 Å². The lowest BCUT2D eigenvalue weighted by Crippen LogP contribution is -2.39. The Hall–Kier alpha value is -0.580. The van der Waals surface area contributed by atoms with Crippen molar-refractivity contribution in [1.29, 1.82) is 0 Å². The molecular weight excluding hydrogens is 258 g/mol. The molecule has 17 heavy (non-hydrogen) atoms. The Morgan fingerprint density at radius 1 is 1.59 bits per heavy atom. The summed E-state index contributed by atoms with van der Waals surface area (Å²) in [6.07, 6.45) is 1.80. The highest BCUT2D eigenvalue weighted by molar-refractivity contribution is 7.16. The topological polar surface area (TPSA) is 29.5 Å². The predicted octanol–water partition coefficient (Wildman–Crippen LogP) is 2.32. The Kier molecular flexibility index (Phi) is 3.11. The van der Waals surface area contributed by atoms with Crippen LogP contribution in [-0.4, -0.2) is 30.6 Å². The third-order valence-electron chi connectivity index (χ3n) is 3.43. The number of carbonyl (C=O) groups is 1. The fraction of sp³-hybridized carbons (Fsp3) is 0.583. The molecule has 1 saturated heterocycles. The van der Waals surface area contributed by atoms with Crippen molar-refractivity contribution < 1.29 is 9.53 Å². The molecule has 1 atom stereocenters. The second-order valence-electron chi connectivity index (χ2n) is 4.57. The van der Waals surface area contributed by atoms with Gasteiger partial charge in [0, 0.05) is 24.6 Å². The van der Waals surface area contributed by atoms with E-state index in [-0.39, 0.29) is 11.8 Å².